The van der Waals surface area contributed by atoms with E-state index < -0.39 is 5.60 Å². The molecule has 4 heteroatoms. The molecule has 1 heterocycles. The SMILES string of the molecule is CCc1nn(C)c(CC2(O)C3CC4CC(C3)CC2C4)c1Cl. The van der Waals surface area contributed by atoms with E-state index in [9.17, 15) is 5.11 Å². The monoisotopic (exact) mass is 308 g/mol. The summed E-state index contributed by atoms with van der Waals surface area (Å²) in [6.07, 6.45) is 7.83. The first kappa shape index (κ1) is 14.1. The number of aliphatic hydroxyl groups is 1. The van der Waals surface area contributed by atoms with Gasteiger partial charge in [0.05, 0.1) is 22.0 Å². The first-order chi connectivity index (χ1) is 10.0. The maximum Gasteiger partial charge on any atom is 0.0850 e. The van der Waals surface area contributed by atoms with Crippen LogP contribution in [0, 0.1) is 23.7 Å². The molecule has 3 nitrogen and oxygen atoms in total. The molecule has 0 saturated heterocycles. The number of hydrogen-bond donors (Lipinski definition) is 1. The molecule has 4 aliphatic carbocycles. The lowest BCUT2D eigenvalue weighted by Gasteiger charge is -2.59. The van der Waals surface area contributed by atoms with E-state index in [0.29, 0.717) is 18.3 Å². The highest BCUT2D eigenvalue weighted by molar-refractivity contribution is 6.31. The Labute approximate surface area is 131 Å². The van der Waals surface area contributed by atoms with Gasteiger partial charge in [0.2, 0.25) is 0 Å². The van der Waals surface area contributed by atoms with Crippen molar-refractivity contribution < 1.29 is 5.11 Å². The van der Waals surface area contributed by atoms with Gasteiger partial charge in [0.15, 0.2) is 0 Å². The number of nitrogens with zero attached hydrogens (tertiary/aromatic N) is 2. The highest BCUT2D eigenvalue weighted by Gasteiger charge is 2.56. The number of aromatic nitrogens is 2. The summed E-state index contributed by atoms with van der Waals surface area (Å²) in [6, 6.07) is 0. The van der Waals surface area contributed by atoms with E-state index in [4.69, 9.17) is 11.6 Å². The maximum atomic E-state index is 11.5. The molecule has 0 spiro atoms. The van der Waals surface area contributed by atoms with Crippen molar-refractivity contribution >= 4 is 11.6 Å². The number of hydrogen-bond acceptors (Lipinski definition) is 2. The zero-order valence-corrected chi connectivity index (χ0v) is 13.7. The fourth-order valence-electron chi connectivity index (χ4n) is 5.57. The summed E-state index contributed by atoms with van der Waals surface area (Å²) in [5.74, 6) is 2.71. The first-order valence-electron chi connectivity index (χ1n) is 8.43. The predicted molar refractivity (Wildman–Crippen MR) is 83.3 cm³/mol. The van der Waals surface area contributed by atoms with Crippen LogP contribution in [0.3, 0.4) is 0 Å². The van der Waals surface area contributed by atoms with Gasteiger partial charge >= 0.3 is 0 Å². The molecular weight excluding hydrogens is 284 g/mol. The maximum absolute atomic E-state index is 11.5. The third kappa shape index (κ3) is 2.00. The molecule has 0 amide bonds. The normalized spacial score (nSPS) is 41.0. The Kier molecular flexibility index (Phi) is 3.17. The van der Waals surface area contributed by atoms with E-state index in [-0.39, 0.29) is 0 Å². The van der Waals surface area contributed by atoms with E-state index in [0.717, 1.165) is 34.7 Å². The van der Waals surface area contributed by atoms with Crippen LogP contribution in [0.1, 0.15) is 50.4 Å². The minimum absolute atomic E-state index is 0.477. The molecule has 0 atom stereocenters. The summed E-state index contributed by atoms with van der Waals surface area (Å²) in [7, 11) is 1.96. The van der Waals surface area contributed by atoms with Gasteiger partial charge in [0.25, 0.3) is 0 Å². The predicted octanol–water partition coefficient (Wildman–Crippen LogP) is 3.37. The van der Waals surface area contributed by atoms with Crippen molar-refractivity contribution in [3.05, 3.63) is 16.4 Å². The molecule has 4 fully saturated rings. The van der Waals surface area contributed by atoms with Crippen LogP contribution in [0.25, 0.3) is 0 Å². The van der Waals surface area contributed by atoms with Crippen molar-refractivity contribution in [3.63, 3.8) is 0 Å². The van der Waals surface area contributed by atoms with Crippen molar-refractivity contribution in [2.75, 3.05) is 0 Å². The third-order valence-electron chi connectivity index (χ3n) is 6.51. The smallest absolute Gasteiger partial charge is 0.0850 e. The average Bonchev–Trinajstić information content (AvgIpc) is 2.71. The fourth-order valence-corrected chi connectivity index (χ4v) is 5.93. The largest absolute Gasteiger partial charge is 0.389 e. The third-order valence-corrected chi connectivity index (χ3v) is 6.94. The van der Waals surface area contributed by atoms with Gasteiger partial charge in [0.1, 0.15) is 0 Å². The first-order valence-corrected chi connectivity index (χ1v) is 8.81. The Balaban J connectivity index is 1.66. The Morgan fingerprint density at radius 2 is 1.76 bits per heavy atom. The molecule has 0 radical (unpaired) electrons. The lowest BCUT2D eigenvalue weighted by molar-refractivity contribution is -0.172. The summed E-state index contributed by atoms with van der Waals surface area (Å²) in [5, 5.41) is 16.8. The van der Waals surface area contributed by atoms with Crippen molar-refractivity contribution in [3.8, 4) is 0 Å². The van der Waals surface area contributed by atoms with Crippen LogP contribution < -0.4 is 0 Å². The zero-order valence-electron chi connectivity index (χ0n) is 13.0. The minimum atomic E-state index is -0.546. The van der Waals surface area contributed by atoms with Gasteiger partial charge in [-0.3, -0.25) is 4.68 Å². The molecule has 4 aliphatic rings. The molecule has 1 aromatic rings. The lowest BCUT2D eigenvalue weighted by atomic mass is 9.49. The van der Waals surface area contributed by atoms with E-state index in [1.807, 2.05) is 11.7 Å². The number of aryl methyl sites for hydroxylation is 2. The molecule has 0 aromatic carbocycles. The second-order valence-corrected chi connectivity index (χ2v) is 8.03. The Morgan fingerprint density at radius 3 is 2.24 bits per heavy atom. The zero-order chi connectivity index (χ0) is 14.8. The van der Waals surface area contributed by atoms with E-state index >= 15 is 0 Å². The van der Waals surface area contributed by atoms with Crippen LogP contribution in [0.15, 0.2) is 0 Å². The van der Waals surface area contributed by atoms with Gasteiger partial charge in [0, 0.05) is 13.5 Å². The second-order valence-electron chi connectivity index (χ2n) is 7.66. The summed E-state index contributed by atoms with van der Waals surface area (Å²) < 4.78 is 1.89. The quantitative estimate of drug-likeness (QED) is 0.929. The summed E-state index contributed by atoms with van der Waals surface area (Å²) in [6.45, 7) is 2.08. The molecule has 116 valence electrons. The molecular formula is C17H25ClN2O. The van der Waals surface area contributed by atoms with Crippen LogP contribution in [0.4, 0.5) is 0 Å². The standard InChI is InChI=1S/C17H25ClN2O/c1-3-14-16(18)15(20(2)19-14)9-17(21)12-5-10-4-11(7-12)8-13(17)6-10/h10-13,21H,3-9H2,1-2H3. The summed E-state index contributed by atoms with van der Waals surface area (Å²) in [5.41, 5.74) is 1.45. The molecule has 1 aromatic heterocycles. The summed E-state index contributed by atoms with van der Waals surface area (Å²) >= 11 is 6.51. The fraction of sp³-hybridized carbons (Fsp3) is 0.824. The summed E-state index contributed by atoms with van der Waals surface area (Å²) in [4.78, 5) is 0. The Hall–Kier alpha value is -0.540. The van der Waals surface area contributed by atoms with E-state index in [1.165, 1.54) is 32.1 Å². The van der Waals surface area contributed by atoms with Gasteiger partial charge in [-0.2, -0.15) is 5.10 Å². The molecule has 1 N–H and O–H groups in total. The van der Waals surface area contributed by atoms with Crippen LogP contribution in [0.2, 0.25) is 5.02 Å². The second kappa shape index (κ2) is 4.73. The molecule has 5 rings (SSSR count). The van der Waals surface area contributed by atoms with Crippen molar-refractivity contribution in [2.24, 2.45) is 30.7 Å². The van der Waals surface area contributed by atoms with Crippen molar-refractivity contribution in [1.82, 2.24) is 9.78 Å². The highest BCUT2D eigenvalue weighted by Crippen LogP contribution is 2.59. The van der Waals surface area contributed by atoms with Crippen LogP contribution in [-0.4, -0.2) is 20.5 Å². The lowest BCUT2D eigenvalue weighted by Crippen LogP contribution is -2.58. The van der Waals surface area contributed by atoms with Crippen molar-refractivity contribution in [2.45, 2.75) is 57.5 Å². The Morgan fingerprint density at radius 1 is 1.19 bits per heavy atom. The number of rotatable bonds is 3. The van der Waals surface area contributed by atoms with Gasteiger partial charge in [-0.1, -0.05) is 18.5 Å². The van der Waals surface area contributed by atoms with Crippen LogP contribution in [-0.2, 0) is 19.9 Å². The van der Waals surface area contributed by atoms with Gasteiger partial charge in [-0.25, -0.2) is 0 Å². The average molecular weight is 309 g/mol. The highest BCUT2D eigenvalue weighted by atomic mass is 35.5. The Bertz CT molecular complexity index is 537. The molecule has 0 aliphatic heterocycles. The van der Waals surface area contributed by atoms with Gasteiger partial charge < -0.3 is 5.11 Å². The number of halogens is 1. The topological polar surface area (TPSA) is 38.0 Å². The van der Waals surface area contributed by atoms with Crippen molar-refractivity contribution in [1.29, 1.82) is 0 Å². The van der Waals surface area contributed by atoms with Crippen LogP contribution in [0.5, 0.6) is 0 Å². The molecule has 4 saturated carbocycles. The van der Waals surface area contributed by atoms with Crippen LogP contribution >= 0.6 is 11.6 Å². The minimum Gasteiger partial charge on any atom is -0.389 e. The van der Waals surface area contributed by atoms with Gasteiger partial charge in [-0.05, 0) is 62.2 Å². The molecule has 21 heavy (non-hydrogen) atoms. The van der Waals surface area contributed by atoms with E-state index in [2.05, 4.69) is 12.0 Å². The van der Waals surface area contributed by atoms with E-state index in [1.54, 1.807) is 0 Å². The molecule has 4 bridgehead atoms. The molecule has 0 unspecified atom stereocenters. The van der Waals surface area contributed by atoms with Gasteiger partial charge in [-0.15, -0.1) is 0 Å².